The molecule has 0 atom stereocenters. The van der Waals surface area contributed by atoms with Gasteiger partial charge in [-0.05, 0) is 30.8 Å². The summed E-state index contributed by atoms with van der Waals surface area (Å²) in [5.41, 5.74) is 1.50. The summed E-state index contributed by atoms with van der Waals surface area (Å²) in [6.45, 7) is 7.08. The van der Waals surface area contributed by atoms with Gasteiger partial charge in [0.1, 0.15) is 23.1 Å². The van der Waals surface area contributed by atoms with Crippen molar-refractivity contribution in [3.05, 3.63) is 53.8 Å². The average Bonchev–Trinajstić information content (AvgIpc) is 2.78. The maximum atomic E-state index is 13.7. The third-order valence-electron chi connectivity index (χ3n) is 4.61. The molecule has 0 aromatic heterocycles. The van der Waals surface area contributed by atoms with Gasteiger partial charge in [0.15, 0.2) is 5.75 Å². The van der Waals surface area contributed by atoms with E-state index in [0.29, 0.717) is 11.4 Å². The SMILES string of the molecule is CCN1CCN(C2=Nc3cc(F)ccc3Oc3ccccc32)CC1. The Hall–Kier alpha value is -2.40. The zero-order valence-corrected chi connectivity index (χ0v) is 13.7. The predicted molar refractivity (Wildman–Crippen MR) is 92.8 cm³/mol. The molecule has 2 aliphatic heterocycles. The molecule has 2 aromatic carbocycles. The van der Waals surface area contributed by atoms with E-state index in [-0.39, 0.29) is 5.82 Å². The summed E-state index contributed by atoms with van der Waals surface area (Å²) < 4.78 is 19.7. The monoisotopic (exact) mass is 325 g/mol. The second-order valence-electron chi connectivity index (χ2n) is 6.07. The Labute approximate surface area is 141 Å². The van der Waals surface area contributed by atoms with E-state index in [2.05, 4.69) is 16.7 Å². The van der Waals surface area contributed by atoms with Gasteiger partial charge in [-0.3, -0.25) is 0 Å². The van der Waals surface area contributed by atoms with Crippen LogP contribution in [-0.2, 0) is 0 Å². The van der Waals surface area contributed by atoms with Gasteiger partial charge in [-0.15, -0.1) is 0 Å². The number of nitrogens with zero attached hydrogens (tertiary/aromatic N) is 3. The number of benzene rings is 2. The van der Waals surface area contributed by atoms with Crippen molar-refractivity contribution in [1.82, 2.24) is 9.80 Å². The number of hydrogen-bond acceptors (Lipinski definition) is 4. The fraction of sp³-hybridized carbons (Fsp3) is 0.316. The molecular formula is C19H20FN3O. The quantitative estimate of drug-likeness (QED) is 0.801. The van der Waals surface area contributed by atoms with Gasteiger partial charge < -0.3 is 14.5 Å². The number of hydrogen-bond donors (Lipinski definition) is 0. The lowest BCUT2D eigenvalue weighted by Crippen LogP contribution is -2.48. The highest BCUT2D eigenvalue weighted by Gasteiger charge is 2.25. The van der Waals surface area contributed by atoms with E-state index in [9.17, 15) is 4.39 Å². The molecule has 2 heterocycles. The van der Waals surface area contributed by atoms with Crippen molar-refractivity contribution in [2.24, 2.45) is 4.99 Å². The van der Waals surface area contributed by atoms with Crippen molar-refractivity contribution in [3.8, 4) is 11.5 Å². The highest BCUT2D eigenvalue weighted by molar-refractivity contribution is 6.03. The first-order valence-electron chi connectivity index (χ1n) is 8.37. The number of piperazine rings is 1. The molecule has 4 rings (SSSR count). The first-order valence-corrected chi connectivity index (χ1v) is 8.37. The van der Waals surface area contributed by atoms with Gasteiger partial charge >= 0.3 is 0 Å². The van der Waals surface area contributed by atoms with E-state index < -0.39 is 0 Å². The summed E-state index contributed by atoms with van der Waals surface area (Å²) in [6, 6.07) is 12.4. The van der Waals surface area contributed by atoms with E-state index in [4.69, 9.17) is 9.73 Å². The molecule has 0 spiro atoms. The Balaban J connectivity index is 1.77. The maximum absolute atomic E-state index is 13.7. The van der Waals surface area contributed by atoms with Crippen LogP contribution < -0.4 is 4.74 Å². The van der Waals surface area contributed by atoms with Crippen LogP contribution in [0.15, 0.2) is 47.5 Å². The van der Waals surface area contributed by atoms with Crippen molar-refractivity contribution in [1.29, 1.82) is 0 Å². The number of likely N-dealkylation sites (N-methyl/N-ethyl adjacent to an activating group) is 1. The van der Waals surface area contributed by atoms with Gasteiger partial charge in [0.2, 0.25) is 0 Å². The topological polar surface area (TPSA) is 28.1 Å². The molecule has 4 nitrogen and oxygen atoms in total. The van der Waals surface area contributed by atoms with Gasteiger partial charge in [0, 0.05) is 32.2 Å². The molecule has 124 valence electrons. The van der Waals surface area contributed by atoms with Gasteiger partial charge in [-0.25, -0.2) is 9.38 Å². The molecule has 1 saturated heterocycles. The van der Waals surface area contributed by atoms with Gasteiger partial charge in [-0.2, -0.15) is 0 Å². The van der Waals surface area contributed by atoms with E-state index in [0.717, 1.165) is 49.9 Å². The molecule has 0 saturated carbocycles. The smallest absolute Gasteiger partial charge is 0.153 e. The lowest BCUT2D eigenvalue weighted by molar-refractivity contribution is 0.190. The average molecular weight is 325 g/mol. The summed E-state index contributed by atoms with van der Waals surface area (Å²) in [5.74, 6) is 1.92. The number of amidine groups is 1. The van der Waals surface area contributed by atoms with Gasteiger partial charge in [0.25, 0.3) is 0 Å². The number of halogens is 1. The summed E-state index contributed by atoms with van der Waals surface area (Å²) in [6.07, 6.45) is 0. The van der Waals surface area contributed by atoms with Crippen LogP contribution in [0.25, 0.3) is 0 Å². The molecule has 0 aliphatic carbocycles. The summed E-state index contributed by atoms with van der Waals surface area (Å²) in [4.78, 5) is 9.47. The summed E-state index contributed by atoms with van der Waals surface area (Å²) in [5, 5.41) is 0. The van der Waals surface area contributed by atoms with Crippen LogP contribution in [0.2, 0.25) is 0 Å². The zero-order valence-electron chi connectivity index (χ0n) is 13.7. The van der Waals surface area contributed by atoms with Crippen molar-refractivity contribution < 1.29 is 9.13 Å². The molecule has 5 heteroatoms. The number of rotatable bonds is 1. The van der Waals surface area contributed by atoms with E-state index in [1.807, 2.05) is 24.3 Å². The van der Waals surface area contributed by atoms with Crippen LogP contribution in [-0.4, -0.2) is 48.4 Å². The number of fused-ring (bicyclic) bond motifs is 2. The Morgan fingerprint density at radius 3 is 2.62 bits per heavy atom. The first-order chi connectivity index (χ1) is 11.7. The summed E-state index contributed by atoms with van der Waals surface area (Å²) >= 11 is 0. The molecule has 0 amide bonds. The van der Waals surface area contributed by atoms with Gasteiger partial charge in [0.05, 0.1) is 5.56 Å². The molecule has 0 radical (unpaired) electrons. The van der Waals surface area contributed by atoms with Crippen LogP contribution in [0.5, 0.6) is 11.5 Å². The molecule has 2 aromatic rings. The van der Waals surface area contributed by atoms with Crippen LogP contribution >= 0.6 is 0 Å². The lowest BCUT2D eigenvalue weighted by atomic mass is 10.1. The maximum Gasteiger partial charge on any atom is 0.153 e. The van der Waals surface area contributed by atoms with Crippen LogP contribution in [0.3, 0.4) is 0 Å². The molecule has 0 N–H and O–H groups in total. The standard InChI is InChI=1S/C19H20FN3O/c1-2-22-9-11-23(12-10-22)19-15-5-3-4-6-17(15)24-18-8-7-14(20)13-16(18)21-19/h3-8,13H,2,9-12H2,1H3. The molecule has 1 fully saturated rings. The first kappa shape index (κ1) is 15.1. The molecule has 0 unspecified atom stereocenters. The van der Waals surface area contributed by atoms with E-state index in [1.165, 1.54) is 12.1 Å². The van der Waals surface area contributed by atoms with E-state index in [1.54, 1.807) is 6.07 Å². The fourth-order valence-corrected chi connectivity index (χ4v) is 3.21. The number of para-hydroxylation sites is 1. The lowest BCUT2D eigenvalue weighted by Gasteiger charge is -2.36. The highest BCUT2D eigenvalue weighted by atomic mass is 19.1. The van der Waals surface area contributed by atoms with E-state index >= 15 is 0 Å². The molecule has 0 bridgehead atoms. The minimum absolute atomic E-state index is 0.304. The predicted octanol–water partition coefficient (Wildman–Crippen LogP) is 3.65. The number of ether oxygens (including phenoxy) is 1. The summed E-state index contributed by atoms with van der Waals surface area (Å²) in [7, 11) is 0. The third-order valence-corrected chi connectivity index (χ3v) is 4.61. The van der Waals surface area contributed by atoms with Crippen LogP contribution in [0.1, 0.15) is 12.5 Å². The molecule has 24 heavy (non-hydrogen) atoms. The largest absolute Gasteiger partial charge is 0.454 e. The second kappa shape index (κ2) is 6.24. The Morgan fingerprint density at radius 1 is 1.04 bits per heavy atom. The third kappa shape index (κ3) is 2.76. The minimum Gasteiger partial charge on any atom is -0.454 e. The van der Waals surface area contributed by atoms with Crippen molar-refractivity contribution in [2.45, 2.75) is 6.92 Å². The van der Waals surface area contributed by atoms with Crippen LogP contribution in [0.4, 0.5) is 10.1 Å². The van der Waals surface area contributed by atoms with Crippen molar-refractivity contribution >= 4 is 11.5 Å². The van der Waals surface area contributed by atoms with Crippen molar-refractivity contribution in [2.75, 3.05) is 32.7 Å². The Kier molecular flexibility index (Phi) is 3.94. The van der Waals surface area contributed by atoms with Crippen molar-refractivity contribution in [3.63, 3.8) is 0 Å². The Bertz CT molecular complexity index is 782. The minimum atomic E-state index is -0.304. The normalized spacial score (nSPS) is 17.4. The number of aliphatic imine (C=N–C) groups is 1. The second-order valence-corrected chi connectivity index (χ2v) is 6.07. The molecule has 2 aliphatic rings. The van der Waals surface area contributed by atoms with Gasteiger partial charge in [-0.1, -0.05) is 19.1 Å². The fourth-order valence-electron chi connectivity index (χ4n) is 3.21. The van der Waals surface area contributed by atoms with Crippen LogP contribution in [0, 0.1) is 5.82 Å². The highest BCUT2D eigenvalue weighted by Crippen LogP contribution is 2.38. The molecular weight excluding hydrogens is 305 g/mol. The zero-order chi connectivity index (χ0) is 16.5. The Morgan fingerprint density at radius 2 is 1.83 bits per heavy atom.